The van der Waals surface area contributed by atoms with Crippen LogP contribution in [0, 0.1) is 6.92 Å². The van der Waals surface area contributed by atoms with E-state index in [0.717, 1.165) is 16.7 Å². The molecule has 0 aliphatic rings. The van der Waals surface area contributed by atoms with Crippen LogP contribution in [-0.2, 0) is 14.8 Å². The summed E-state index contributed by atoms with van der Waals surface area (Å²) < 4.78 is 32.8. The topological polar surface area (TPSA) is 72.5 Å². The third kappa shape index (κ3) is 5.23. The number of anilines is 1. The Morgan fingerprint density at radius 3 is 2.17 bits per heavy atom. The zero-order valence-electron chi connectivity index (χ0n) is 16.5. The van der Waals surface area contributed by atoms with E-state index in [4.69, 9.17) is 4.74 Å². The van der Waals surface area contributed by atoms with Gasteiger partial charge in [0.25, 0.3) is 10.0 Å². The number of nitrogens with one attached hydrogen (secondary N) is 1. The predicted octanol–water partition coefficient (Wildman–Crippen LogP) is 5.03. The molecule has 5 nitrogen and oxygen atoms in total. The molecule has 0 atom stereocenters. The van der Waals surface area contributed by atoms with Crippen LogP contribution in [0.5, 0.6) is 0 Å². The highest BCUT2D eigenvalue weighted by molar-refractivity contribution is 7.92. The second-order valence-corrected chi connectivity index (χ2v) is 8.71. The smallest absolute Gasteiger partial charge is 0.338 e. The van der Waals surface area contributed by atoms with E-state index in [-0.39, 0.29) is 17.0 Å². The number of hydrogen-bond donors (Lipinski definition) is 1. The molecule has 0 fully saturated rings. The predicted molar refractivity (Wildman–Crippen MR) is 114 cm³/mol. The fourth-order valence-electron chi connectivity index (χ4n) is 2.77. The van der Waals surface area contributed by atoms with Crippen molar-refractivity contribution >= 4 is 21.7 Å². The van der Waals surface area contributed by atoms with Crippen molar-refractivity contribution in [1.29, 1.82) is 0 Å². The molecular formula is C23H23NO4S. The van der Waals surface area contributed by atoms with Crippen LogP contribution in [0.4, 0.5) is 5.69 Å². The highest BCUT2D eigenvalue weighted by Gasteiger charge is 2.14. The normalized spacial score (nSPS) is 11.3. The Morgan fingerprint density at radius 1 is 0.897 bits per heavy atom. The maximum absolute atomic E-state index is 12.5. The van der Waals surface area contributed by atoms with Gasteiger partial charge in [-0.15, -0.1) is 0 Å². The molecule has 0 bridgehead atoms. The molecule has 3 aromatic rings. The molecule has 0 aliphatic heterocycles. The van der Waals surface area contributed by atoms with Gasteiger partial charge in [0, 0.05) is 5.69 Å². The largest absolute Gasteiger partial charge is 0.459 e. The Bertz CT molecular complexity index is 1100. The lowest BCUT2D eigenvalue weighted by Gasteiger charge is -2.11. The standard InChI is InChI=1S/C23H23NO4S/c1-16(2)28-23(25)20-6-4-5-19(15-20)18-9-11-21(12-10-18)24-29(26,27)22-13-7-17(3)8-14-22/h4-16,24H,1-3H3. The number of ether oxygens (including phenoxy) is 1. The monoisotopic (exact) mass is 409 g/mol. The zero-order valence-corrected chi connectivity index (χ0v) is 17.4. The Morgan fingerprint density at radius 2 is 1.55 bits per heavy atom. The number of carbonyl (C=O) groups excluding carboxylic acids is 1. The first-order valence-electron chi connectivity index (χ1n) is 9.25. The van der Waals surface area contributed by atoms with E-state index < -0.39 is 10.0 Å². The average Bonchev–Trinajstić information content (AvgIpc) is 2.68. The quantitative estimate of drug-likeness (QED) is 0.580. The van der Waals surface area contributed by atoms with Crippen LogP contribution >= 0.6 is 0 Å². The van der Waals surface area contributed by atoms with Gasteiger partial charge in [-0.1, -0.05) is 42.0 Å². The summed E-state index contributed by atoms with van der Waals surface area (Å²) in [7, 11) is -3.65. The Balaban J connectivity index is 1.78. The van der Waals surface area contributed by atoms with Crippen molar-refractivity contribution in [2.45, 2.75) is 31.8 Å². The fourth-order valence-corrected chi connectivity index (χ4v) is 3.83. The van der Waals surface area contributed by atoms with Gasteiger partial charge < -0.3 is 4.74 Å². The molecule has 29 heavy (non-hydrogen) atoms. The van der Waals surface area contributed by atoms with Crippen molar-refractivity contribution in [3.8, 4) is 11.1 Å². The van der Waals surface area contributed by atoms with Crippen LogP contribution in [-0.4, -0.2) is 20.5 Å². The SMILES string of the molecule is Cc1ccc(S(=O)(=O)Nc2ccc(-c3cccc(C(=O)OC(C)C)c3)cc2)cc1. The Labute approximate surface area is 171 Å². The fraction of sp³-hybridized carbons (Fsp3) is 0.174. The summed E-state index contributed by atoms with van der Waals surface area (Å²) in [6, 6.07) is 20.8. The average molecular weight is 410 g/mol. The van der Waals surface area contributed by atoms with Crippen LogP contribution in [0.1, 0.15) is 29.8 Å². The molecule has 0 amide bonds. The molecule has 0 radical (unpaired) electrons. The van der Waals surface area contributed by atoms with E-state index in [1.54, 1.807) is 80.6 Å². The second kappa shape index (κ2) is 8.49. The van der Waals surface area contributed by atoms with Crippen LogP contribution in [0.15, 0.2) is 77.7 Å². The Kier molecular flexibility index (Phi) is 6.03. The van der Waals surface area contributed by atoms with Crippen molar-refractivity contribution in [1.82, 2.24) is 0 Å². The zero-order chi connectivity index (χ0) is 21.0. The molecule has 0 saturated heterocycles. The lowest BCUT2D eigenvalue weighted by molar-refractivity contribution is 0.0378. The number of sulfonamides is 1. The third-order valence-corrected chi connectivity index (χ3v) is 5.64. The van der Waals surface area contributed by atoms with Gasteiger partial charge in [-0.25, -0.2) is 13.2 Å². The molecule has 3 aromatic carbocycles. The van der Waals surface area contributed by atoms with Gasteiger partial charge in [0.1, 0.15) is 0 Å². The molecule has 0 heterocycles. The molecule has 3 rings (SSSR count). The van der Waals surface area contributed by atoms with Gasteiger partial charge in [-0.05, 0) is 68.3 Å². The second-order valence-electron chi connectivity index (χ2n) is 7.03. The lowest BCUT2D eigenvalue weighted by Crippen LogP contribution is -2.12. The van der Waals surface area contributed by atoms with Gasteiger partial charge in [-0.2, -0.15) is 0 Å². The maximum atomic E-state index is 12.5. The molecule has 150 valence electrons. The molecule has 0 aromatic heterocycles. The van der Waals surface area contributed by atoms with Crippen LogP contribution in [0.3, 0.4) is 0 Å². The minimum Gasteiger partial charge on any atom is -0.459 e. The number of esters is 1. The highest BCUT2D eigenvalue weighted by Crippen LogP contribution is 2.24. The van der Waals surface area contributed by atoms with Crippen LogP contribution < -0.4 is 4.72 Å². The van der Waals surface area contributed by atoms with E-state index >= 15 is 0 Å². The summed E-state index contributed by atoms with van der Waals surface area (Å²) in [4.78, 5) is 12.3. The molecule has 0 aliphatic carbocycles. The maximum Gasteiger partial charge on any atom is 0.338 e. The number of carbonyl (C=O) groups is 1. The number of hydrogen-bond acceptors (Lipinski definition) is 4. The third-order valence-electron chi connectivity index (χ3n) is 4.24. The molecule has 0 saturated carbocycles. The highest BCUT2D eigenvalue weighted by atomic mass is 32.2. The molecule has 0 spiro atoms. The molecule has 1 N–H and O–H groups in total. The summed E-state index contributed by atoms with van der Waals surface area (Å²) in [5, 5.41) is 0. The minimum atomic E-state index is -3.65. The van der Waals surface area contributed by atoms with Crippen molar-refractivity contribution < 1.29 is 17.9 Å². The summed E-state index contributed by atoms with van der Waals surface area (Å²) in [5.74, 6) is -0.371. The van der Waals surface area contributed by atoms with Gasteiger partial charge in [0.15, 0.2) is 0 Å². The number of benzene rings is 3. The molecule has 0 unspecified atom stereocenters. The first-order chi connectivity index (χ1) is 13.7. The van der Waals surface area contributed by atoms with Gasteiger partial charge >= 0.3 is 5.97 Å². The molecule has 6 heteroatoms. The lowest BCUT2D eigenvalue weighted by atomic mass is 10.0. The van der Waals surface area contributed by atoms with Crippen molar-refractivity contribution in [3.63, 3.8) is 0 Å². The first-order valence-corrected chi connectivity index (χ1v) is 10.7. The van der Waals surface area contributed by atoms with Gasteiger partial charge in [0.05, 0.1) is 16.6 Å². The Hall–Kier alpha value is -3.12. The van der Waals surface area contributed by atoms with Gasteiger partial charge in [-0.3, -0.25) is 4.72 Å². The van der Waals surface area contributed by atoms with E-state index in [2.05, 4.69) is 4.72 Å². The van der Waals surface area contributed by atoms with Crippen molar-refractivity contribution in [2.75, 3.05) is 4.72 Å². The van der Waals surface area contributed by atoms with Crippen molar-refractivity contribution in [2.24, 2.45) is 0 Å². The van der Waals surface area contributed by atoms with E-state index in [1.165, 1.54) is 0 Å². The summed E-state index contributed by atoms with van der Waals surface area (Å²) in [5.41, 5.74) is 3.64. The minimum absolute atomic E-state index is 0.188. The van der Waals surface area contributed by atoms with E-state index in [1.807, 2.05) is 13.0 Å². The van der Waals surface area contributed by atoms with Gasteiger partial charge in [0.2, 0.25) is 0 Å². The summed E-state index contributed by atoms with van der Waals surface area (Å²) in [6.07, 6.45) is -0.188. The molecular weight excluding hydrogens is 386 g/mol. The summed E-state index contributed by atoms with van der Waals surface area (Å²) >= 11 is 0. The van der Waals surface area contributed by atoms with Crippen LogP contribution in [0.2, 0.25) is 0 Å². The van der Waals surface area contributed by atoms with Crippen LogP contribution in [0.25, 0.3) is 11.1 Å². The first kappa shape index (κ1) is 20.6. The summed E-state index contributed by atoms with van der Waals surface area (Å²) in [6.45, 7) is 5.51. The van der Waals surface area contributed by atoms with E-state index in [0.29, 0.717) is 11.3 Å². The van der Waals surface area contributed by atoms with Crippen molar-refractivity contribution in [3.05, 3.63) is 83.9 Å². The number of aryl methyl sites for hydroxylation is 1. The number of rotatable bonds is 6. The van der Waals surface area contributed by atoms with E-state index in [9.17, 15) is 13.2 Å².